The molecule has 1 atom stereocenters. The first-order valence-electron chi connectivity index (χ1n) is 23.5. The molecule has 0 aliphatic heterocycles. The minimum absolute atomic E-state index is 0.392. The lowest BCUT2D eigenvalue weighted by Gasteiger charge is -2.28. The van der Waals surface area contributed by atoms with Crippen LogP contribution in [0.4, 0.5) is 0 Å². The number of thiophene rings is 1. The molecule has 2 aromatic heterocycles. The first-order valence-corrected chi connectivity index (χ1v) is 24.3. The Morgan fingerprint density at radius 2 is 1.15 bits per heavy atom. The molecule has 1 nitrogen and oxygen atoms in total. The highest BCUT2D eigenvalue weighted by molar-refractivity contribution is 7.25. The van der Waals surface area contributed by atoms with E-state index in [0.717, 1.165) is 12.8 Å². The van der Waals surface area contributed by atoms with Gasteiger partial charge in [0, 0.05) is 42.6 Å². The van der Waals surface area contributed by atoms with Gasteiger partial charge < -0.3 is 4.57 Å². The lowest BCUT2D eigenvalue weighted by atomic mass is 9.75. The minimum atomic E-state index is 0.392. The van der Waals surface area contributed by atoms with Gasteiger partial charge in [0.2, 0.25) is 0 Å². The number of hydrogen-bond donors (Lipinski definition) is 0. The molecule has 0 fully saturated rings. The van der Waals surface area contributed by atoms with Gasteiger partial charge in [0.15, 0.2) is 0 Å². The molecule has 1 unspecified atom stereocenters. The van der Waals surface area contributed by atoms with E-state index in [-0.39, 0.29) is 0 Å². The Morgan fingerprint density at radius 3 is 2.01 bits per heavy atom. The highest BCUT2D eigenvalue weighted by Gasteiger charge is 2.36. The Hall–Kier alpha value is -8.04. The summed E-state index contributed by atoms with van der Waals surface area (Å²) >= 11 is 1.92. The van der Waals surface area contributed by atoms with Gasteiger partial charge in [-0.15, -0.1) is 11.3 Å². The van der Waals surface area contributed by atoms with Crippen LogP contribution >= 0.6 is 11.3 Å². The minimum Gasteiger partial charge on any atom is -0.309 e. The predicted octanol–water partition coefficient (Wildman–Crippen LogP) is 17.6. The monoisotopic (exact) mass is 869 g/mol. The maximum Gasteiger partial charge on any atom is 0.0541 e. The van der Waals surface area contributed by atoms with Crippen LogP contribution in [0.2, 0.25) is 0 Å². The zero-order chi connectivity index (χ0) is 44.0. The fourth-order valence-electron chi connectivity index (χ4n) is 11.5. The van der Waals surface area contributed by atoms with E-state index in [1.54, 1.807) is 0 Å². The molecule has 314 valence electrons. The van der Waals surface area contributed by atoms with Crippen LogP contribution in [0.3, 0.4) is 0 Å². The summed E-state index contributed by atoms with van der Waals surface area (Å²) in [6, 6.07) is 83.6. The van der Waals surface area contributed by atoms with Crippen molar-refractivity contribution in [1.29, 1.82) is 0 Å². The molecular formula is C65H43NS. The lowest BCUT2D eigenvalue weighted by Crippen LogP contribution is -2.10. The Bertz CT molecular complexity index is 3960. The smallest absolute Gasteiger partial charge is 0.0541 e. The molecule has 67 heavy (non-hydrogen) atoms. The van der Waals surface area contributed by atoms with Crippen molar-refractivity contribution in [3.63, 3.8) is 0 Å². The number of para-hydroxylation sites is 2. The summed E-state index contributed by atoms with van der Waals surface area (Å²) in [5, 5.41) is 5.18. The van der Waals surface area contributed by atoms with Crippen molar-refractivity contribution >= 4 is 65.0 Å². The highest BCUT2D eigenvalue weighted by atomic mass is 32.1. The molecule has 0 spiro atoms. The second kappa shape index (κ2) is 15.3. The molecule has 14 rings (SSSR count). The van der Waals surface area contributed by atoms with Crippen LogP contribution in [0.15, 0.2) is 224 Å². The predicted molar refractivity (Wildman–Crippen MR) is 285 cm³/mol. The molecule has 0 amide bonds. The van der Waals surface area contributed by atoms with Crippen molar-refractivity contribution in [3.05, 3.63) is 258 Å². The van der Waals surface area contributed by atoms with E-state index in [1.807, 2.05) is 11.3 Å². The number of rotatable bonds is 7. The van der Waals surface area contributed by atoms with Crippen LogP contribution in [-0.2, 0) is 12.8 Å². The molecule has 2 aliphatic rings. The number of fused-ring (bicyclic) bond motifs is 11. The summed E-state index contributed by atoms with van der Waals surface area (Å²) in [6.07, 6.45) is 4.26. The zero-order valence-corrected chi connectivity index (χ0v) is 37.6. The van der Waals surface area contributed by atoms with E-state index in [4.69, 9.17) is 0 Å². The Morgan fingerprint density at radius 1 is 0.478 bits per heavy atom. The third-order valence-electron chi connectivity index (χ3n) is 14.6. The van der Waals surface area contributed by atoms with Crippen molar-refractivity contribution < 1.29 is 0 Å². The van der Waals surface area contributed by atoms with Crippen molar-refractivity contribution in [1.82, 2.24) is 4.57 Å². The zero-order valence-electron chi connectivity index (χ0n) is 36.8. The van der Waals surface area contributed by atoms with Gasteiger partial charge in [0.1, 0.15) is 0 Å². The van der Waals surface area contributed by atoms with Gasteiger partial charge in [-0.25, -0.2) is 0 Å². The summed E-state index contributed by atoms with van der Waals surface area (Å²) in [6.45, 7) is 0. The van der Waals surface area contributed by atoms with Crippen LogP contribution in [0, 0.1) is 0 Å². The quantitative estimate of drug-likeness (QED) is 0.141. The van der Waals surface area contributed by atoms with Gasteiger partial charge in [-0.3, -0.25) is 0 Å². The van der Waals surface area contributed by atoms with Crippen LogP contribution in [0.25, 0.3) is 104 Å². The van der Waals surface area contributed by atoms with E-state index in [1.165, 1.54) is 131 Å². The third-order valence-corrected chi connectivity index (χ3v) is 15.7. The second-order valence-electron chi connectivity index (χ2n) is 18.3. The second-order valence-corrected chi connectivity index (χ2v) is 19.4. The molecule has 2 heterocycles. The maximum atomic E-state index is 2.46. The van der Waals surface area contributed by atoms with Gasteiger partial charge in [-0.05, 0) is 139 Å². The largest absolute Gasteiger partial charge is 0.309 e. The number of aromatic nitrogens is 1. The summed E-state index contributed by atoms with van der Waals surface area (Å²) in [7, 11) is 0. The Labute approximate surface area is 394 Å². The SMILES string of the molecule is C(=C(\Cc1ccc2c(c1)c1ccccc1n2-c1ccccc1)c1ccc2c(c1)sc1cc(-c3ccc4c5c3-c3ccccc3CC5c3ccccc3-4)ccc12)/c1ccc(-c2ccccc2)cc1. The summed E-state index contributed by atoms with van der Waals surface area (Å²) < 4.78 is 5.03. The summed E-state index contributed by atoms with van der Waals surface area (Å²) in [5.74, 6) is 0.392. The standard InChI is InChI=1S/C65H43NS/c1-3-13-43(14-4-1)44-26-23-41(24-27-44)35-48(36-42-25-34-61-58(37-42)54-21-11-12-22-60(54)66(61)49-16-5-2-6-17-49)45-28-30-55-56-31-29-47(40-63(56)67-62(55)39-45)51-32-33-57-52-19-9-10-20-53(52)59-38-46-15-7-8-18-50(46)64(51)65(57)59/h1-35,37,39-40,59H,36,38H2/b48-35-. The van der Waals surface area contributed by atoms with Gasteiger partial charge >= 0.3 is 0 Å². The van der Waals surface area contributed by atoms with Crippen molar-refractivity contribution in [3.8, 4) is 50.2 Å². The van der Waals surface area contributed by atoms with E-state index in [9.17, 15) is 0 Å². The summed E-state index contributed by atoms with van der Waals surface area (Å²) in [4.78, 5) is 0. The molecule has 0 saturated carbocycles. The lowest BCUT2D eigenvalue weighted by molar-refractivity contribution is 0.816. The van der Waals surface area contributed by atoms with Crippen molar-refractivity contribution in [2.24, 2.45) is 0 Å². The van der Waals surface area contributed by atoms with E-state index < -0.39 is 0 Å². The molecule has 0 radical (unpaired) electrons. The van der Waals surface area contributed by atoms with Gasteiger partial charge in [-0.1, -0.05) is 188 Å². The number of allylic oxidation sites excluding steroid dienone is 1. The van der Waals surface area contributed by atoms with Gasteiger partial charge in [0.25, 0.3) is 0 Å². The topological polar surface area (TPSA) is 4.93 Å². The average molecular weight is 870 g/mol. The van der Waals surface area contributed by atoms with Gasteiger partial charge in [-0.2, -0.15) is 0 Å². The first kappa shape index (κ1) is 38.3. The normalized spacial score (nSPS) is 13.9. The number of benzene rings is 10. The molecule has 2 heteroatoms. The first-order chi connectivity index (χ1) is 33.2. The molecule has 0 N–H and O–H groups in total. The molecule has 10 aromatic carbocycles. The summed E-state index contributed by atoms with van der Waals surface area (Å²) in [5.41, 5.74) is 23.8. The Kier molecular flexibility index (Phi) is 8.72. The van der Waals surface area contributed by atoms with Crippen LogP contribution in [-0.4, -0.2) is 4.57 Å². The third kappa shape index (κ3) is 6.21. The maximum absolute atomic E-state index is 2.46. The molecule has 2 aliphatic carbocycles. The van der Waals surface area contributed by atoms with E-state index in [2.05, 4.69) is 235 Å². The molecule has 0 bridgehead atoms. The number of hydrogen-bond acceptors (Lipinski definition) is 1. The number of nitrogens with zero attached hydrogens (tertiary/aromatic N) is 1. The molecular weight excluding hydrogens is 827 g/mol. The fraction of sp³-hybridized carbons (Fsp3) is 0.0462. The van der Waals surface area contributed by atoms with E-state index in [0.29, 0.717) is 5.92 Å². The fourth-order valence-corrected chi connectivity index (χ4v) is 12.7. The molecule has 0 saturated heterocycles. The van der Waals surface area contributed by atoms with Crippen molar-refractivity contribution in [2.75, 3.05) is 0 Å². The van der Waals surface area contributed by atoms with Crippen LogP contribution < -0.4 is 0 Å². The van der Waals surface area contributed by atoms with Crippen LogP contribution in [0.1, 0.15) is 39.3 Å². The van der Waals surface area contributed by atoms with Gasteiger partial charge in [0.05, 0.1) is 11.0 Å². The van der Waals surface area contributed by atoms with E-state index >= 15 is 0 Å². The average Bonchev–Trinajstić information content (AvgIpc) is 4.04. The Balaban J connectivity index is 0.879. The van der Waals surface area contributed by atoms with Crippen LogP contribution in [0.5, 0.6) is 0 Å². The highest BCUT2D eigenvalue weighted by Crippen LogP contribution is 2.56. The van der Waals surface area contributed by atoms with Crippen molar-refractivity contribution in [2.45, 2.75) is 18.8 Å². The molecule has 12 aromatic rings.